The van der Waals surface area contributed by atoms with Gasteiger partial charge in [0.05, 0.1) is 12.3 Å². The van der Waals surface area contributed by atoms with Gasteiger partial charge in [-0.3, -0.25) is 0 Å². The van der Waals surface area contributed by atoms with Crippen LogP contribution in [0.5, 0.6) is 5.75 Å². The van der Waals surface area contributed by atoms with Crippen molar-refractivity contribution < 1.29 is 14.2 Å². The molecular formula is C20H24FNO2. The number of hydrogen-bond donors (Lipinski definition) is 1. The highest BCUT2D eigenvalue weighted by Gasteiger charge is 2.39. The van der Waals surface area contributed by atoms with Gasteiger partial charge in [-0.25, -0.2) is 9.37 Å². The highest BCUT2D eigenvalue weighted by molar-refractivity contribution is 5.70. The summed E-state index contributed by atoms with van der Waals surface area (Å²) in [4.78, 5) is 4.69. The average molecular weight is 329 g/mol. The normalized spacial score (nSPS) is 21.9. The fraction of sp³-hybridized carbons (Fsp3) is 0.450. The summed E-state index contributed by atoms with van der Waals surface area (Å²) in [5.41, 5.74) is 2.05. The molecule has 2 heterocycles. The fourth-order valence-corrected chi connectivity index (χ4v) is 2.99. The number of aliphatic hydroxyl groups is 1. The van der Waals surface area contributed by atoms with Crippen LogP contribution in [-0.4, -0.2) is 16.7 Å². The summed E-state index contributed by atoms with van der Waals surface area (Å²) >= 11 is 0. The lowest BCUT2D eigenvalue weighted by atomic mass is 9.80. The molecule has 1 aliphatic rings. The van der Waals surface area contributed by atoms with Gasteiger partial charge in [-0.1, -0.05) is 20.8 Å². The first-order valence-corrected chi connectivity index (χ1v) is 8.48. The molecule has 0 radical (unpaired) electrons. The molecule has 0 amide bonds. The molecule has 1 aromatic carbocycles. The fourth-order valence-electron chi connectivity index (χ4n) is 2.99. The van der Waals surface area contributed by atoms with Gasteiger partial charge in [-0.05, 0) is 50.1 Å². The van der Waals surface area contributed by atoms with Crippen molar-refractivity contribution >= 4 is 0 Å². The van der Waals surface area contributed by atoms with Crippen LogP contribution in [0.4, 0.5) is 4.39 Å². The van der Waals surface area contributed by atoms with Crippen molar-refractivity contribution in [3.63, 3.8) is 0 Å². The molecule has 128 valence electrons. The number of benzene rings is 1. The van der Waals surface area contributed by atoms with E-state index < -0.39 is 5.60 Å². The predicted molar refractivity (Wildman–Crippen MR) is 92.6 cm³/mol. The molecule has 1 N–H and O–H groups in total. The van der Waals surface area contributed by atoms with Crippen LogP contribution in [0.25, 0.3) is 11.3 Å². The third-order valence-corrected chi connectivity index (χ3v) is 5.30. The number of pyridine rings is 1. The van der Waals surface area contributed by atoms with Crippen LogP contribution in [0.2, 0.25) is 0 Å². The second-order valence-electron chi connectivity index (χ2n) is 7.07. The summed E-state index contributed by atoms with van der Waals surface area (Å²) in [6.07, 6.45) is 1.49. The van der Waals surface area contributed by atoms with Gasteiger partial charge in [0.2, 0.25) is 0 Å². The third-order valence-electron chi connectivity index (χ3n) is 5.30. The highest BCUT2D eigenvalue weighted by Crippen LogP contribution is 2.47. The van der Waals surface area contributed by atoms with Gasteiger partial charge in [-0.15, -0.1) is 0 Å². The zero-order valence-electron chi connectivity index (χ0n) is 14.7. The summed E-state index contributed by atoms with van der Waals surface area (Å²) < 4.78 is 19.3. The summed E-state index contributed by atoms with van der Waals surface area (Å²) in [5, 5.41) is 10.7. The topological polar surface area (TPSA) is 42.4 Å². The van der Waals surface area contributed by atoms with E-state index in [1.54, 1.807) is 19.1 Å². The third kappa shape index (κ3) is 2.69. The minimum Gasteiger partial charge on any atom is -0.490 e. The molecule has 1 aliphatic heterocycles. The molecule has 1 aromatic heterocycles. The molecule has 0 spiro atoms. The molecule has 0 aliphatic carbocycles. The Morgan fingerprint density at radius 3 is 2.54 bits per heavy atom. The minimum atomic E-state index is -1.01. The zero-order valence-corrected chi connectivity index (χ0v) is 14.7. The molecule has 3 nitrogen and oxygen atoms in total. The Kier molecular flexibility index (Phi) is 4.12. The van der Waals surface area contributed by atoms with E-state index in [2.05, 4.69) is 18.8 Å². The lowest BCUT2D eigenvalue weighted by Crippen LogP contribution is -2.25. The Labute approximate surface area is 142 Å². The van der Waals surface area contributed by atoms with E-state index in [4.69, 9.17) is 4.74 Å². The van der Waals surface area contributed by atoms with Crippen LogP contribution >= 0.6 is 0 Å². The average Bonchev–Trinajstić information content (AvgIpc) is 2.93. The van der Waals surface area contributed by atoms with Gasteiger partial charge < -0.3 is 9.84 Å². The minimum absolute atomic E-state index is 0.106. The van der Waals surface area contributed by atoms with E-state index in [1.165, 1.54) is 12.1 Å². The van der Waals surface area contributed by atoms with E-state index in [0.29, 0.717) is 24.4 Å². The van der Waals surface area contributed by atoms with Crippen molar-refractivity contribution in [2.45, 2.75) is 51.6 Å². The van der Waals surface area contributed by atoms with Gasteiger partial charge in [0.15, 0.2) is 0 Å². The second-order valence-corrected chi connectivity index (χ2v) is 7.07. The zero-order chi connectivity index (χ0) is 17.5. The van der Waals surface area contributed by atoms with Crippen LogP contribution in [-0.2, 0) is 11.0 Å². The Morgan fingerprint density at radius 1 is 1.29 bits per heavy atom. The van der Waals surface area contributed by atoms with Crippen molar-refractivity contribution in [1.29, 1.82) is 0 Å². The number of nitrogens with zero attached hydrogens (tertiary/aromatic N) is 1. The number of aromatic nitrogens is 1. The van der Waals surface area contributed by atoms with Gasteiger partial charge >= 0.3 is 0 Å². The first kappa shape index (κ1) is 16.9. The number of fused-ring (bicyclic) bond motifs is 1. The first-order valence-electron chi connectivity index (χ1n) is 8.48. The van der Waals surface area contributed by atoms with Crippen molar-refractivity contribution in [2.75, 3.05) is 6.61 Å². The maximum absolute atomic E-state index is 13.3. The van der Waals surface area contributed by atoms with Crippen molar-refractivity contribution in [2.24, 2.45) is 0 Å². The molecule has 4 heteroatoms. The smallest absolute Gasteiger partial charge is 0.149 e. The predicted octanol–water partition coefficient (Wildman–Crippen LogP) is 4.57. The Morgan fingerprint density at radius 2 is 1.96 bits per heavy atom. The molecule has 0 saturated carbocycles. The number of ether oxygens (including phenoxy) is 1. The number of hydrogen-bond acceptors (Lipinski definition) is 3. The van der Waals surface area contributed by atoms with Gasteiger partial charge in [0.25, 0.3) is 0 Å². The maximum Gasteiger partial charge on any atom is 0.149 e. The molecule has 3 rings (SSSR count). The summed E-state index contributed by atoms with van der Waals surface area (Å²) in [6.45, 7) is 8.59. The summed E-state index contributed by atoms with van der Waals surface area (Å²) in [5.74, 6) is 0.466. The summed E-state index contributed by atoms with van der Waals surface area (Å²) in [7, 11) is 0. The quantitative estimate of drug-likeness (QED) is 0.894. The van der Waals surface area contributed by atoms with Crippen LogP contribution in [0.15, 0.2) is 30.3 Å². The second kappa shape index (κ2) is 5.85. The monoisotopic (exact) mass is 329 g/mol. The van der Waals surface area contributed by atoms with Crippen molar-refractivity contribution in [1.82, 2.24) is 4.98 Å². The standard InChI is InChI=1S/C20H24FNO2/c1-5-19(3)12-24-18-15(19)11-16(20(4,23)6-2)22-17(18)13-7-9-14(21)10-8-13/h7-11,23H,5-6,12H2,1-4H3/t19-,20-/m0/s1. The van der Waals surface area contributed by atoms with E-state index >= 15 is 0 Å². The largest absolute Gasteiger partial charge is 0.490 e. The van der Waals surface area contributed by atoms with E-state index in [9.17, 15) is 9.50 Å². The lowest BCUT2D eigenvalue weighted by Gasteiger charge is -2.25. The molecule has 2 atom stereocenters. The number of rotatable bonds is 4. The molecule has 24 heavy (non-hydrogen) atoms. The Bertz CT molecular complexity index is 755. The van der Waals surface area contributed by atoms with Gasteiger partial charge in [-0.2, -0.15) is 0 Å². The SMILES string of the molecule is CC[C@@]1(C)COc2c1cc([C@@](C)(O)CC)nc2-c1ccc(F)cc1. The Hall–Kier alpha value is -1.94. The van der Waals surface area contributed by atoms with Crippen LogP contribution < -0.4 is 4.74 Å². The molecule has 0 unspecified atom stereocenters. The first-order chi connectivity index (χ1) is 11.3. The number of halogens is 1. The van der Waals surface area contributed by atoms with E-state index in [0.717, 1.165) is 23.3 Å². The van der Waals surface area contributed by atoms with E-state index in [-0.39, 0.29) is 11.2 Å². The highest BCUT2D eigenvalue weighted by atomic mass is 19.1. The molecule has 0 saturated heterocycles. The van der Waals surface area contributed by atoms with Gasteiger partial charge in [0.1, 0.15) is 22.9 Å². The maximum atomic E-state index is 13.3. The van der Waals surface area contributed by atoms with E-state index in [1.807, 2.05) is 13.0 Å². The Balaban J connectivity index is 2.25. The van der Waals surface area contributed by atoms with Crippen LogP contribution in [0.3, 0.4) is 0 Å². The molecular weight excluding hydrogens is 305 g/mol. The van der Waals surface area contributed by atoms with Crippen molar-refractivity contribution in [3.8, 4) is 17.0 Å². The van der Waals surface area contributed by atoms with Crippen LogP contribution in [0.1, 0.15) is 51.8 Å². The lowest BCUT2D eigenvalue weighted by molar-refractivity contribution is 0.0485. The molecule has 0 fully saturated rings. The molecule has 2 aromatic rings. The molecule has 0 bridgehead atoms. The van der Waals surface area contributed by atoms with Crippen molar-refractivity contribution in [3.05, 3.63) is 47.4 Å². The van der Waals surface area contributed by atoms with Crippen LogP contribution in [0, 0.1) is 5.82 Å². The summed E-state index contributed by atoms with van der Waals surface area (Å²) in [6, 6.07) is 8.22. The van der Waals surface area contributed by atoms with Gasteiger partial charge in [0, 0.05) is 16.5 Å².